The van der Waals surface area contributed by atoms with Gasteiger partial charge in [0, 0.05) is 24.9 Å². The molecule has 0 amide bonds. The van der Waals surface area contributed by atoms with Crippen LogP contribution >= 0.6 is 11.8 Å². The van der Waals surface area contributed by atoms with Gasteiger partial charge >= 0.3 is 0 Å². The van der Waals surface area contributed by atoms with E-state index in [1.807, 2.05) is 0 Å². The van der Waals surface area contributed by atoms with E-state index in [4.69, 9.17) is 0 Å². The topological polar surface area (TPSA) is 29.1 Å². The minimum atomic E-state index is 0.399. The van der Waals surface area contributed by atoms with Gasteiger partial charge in [-0.2, -0.15) is 11.8 Å². The summed E-state index contributed by atoms with van der Waals surface area (Å²) in [6.07, 6.45) is 4.10. The van der Waals surface area contributed by atoms with Gasteiger partial charge in [0.05, 0.1) is 0 Å². The summed E-state index contributed by atoms with van der Waals surface area (Å²) in [5, 5.41) is 3.59. The molecule has 3 heteroatoms. The first kappa shape index (κ1) is 10.5. The molecule has 80 valence electrons. The Morgan fingerprint density at radius 2 is 2.00 bits per heavy atom. The second-order valence-electron chi connectivity index (χ2n) is 4.57. The van der Waals surface area contributed by atoms with Gasteiger partial charge in [-0.1, -0.05) is 0 Å². The van der Waals surface area contributed by atoms with Gasteiger partial charge in [0.2, 0.25) is 0 Å². The average molecular weight is 213 g/mol. The molecule has 2 nitrogen and oxygen atoms in total. The van der Waals surface area contributed by atoms with Gasteiger partial charge in [-0.15, -0.1) is 0 Å². The number of hydrogen-bond acceptors (Lipinski definition) is 3. The van der Waals surface area contributed by atoms with Crippen LogP contribution in [0.4, 0.5) is 0 Å². The van der Waals surface area contributed by atoms with Crippen LogP contribution in [0.5, 0.6) is 0 Å². The zero-order chi connectivity index (χ0) is 9.97. The average Bonchev–Trinajstić information content (AvgIpc) is 2.18. The molecule has 0 aliphatic carbocycles. The maximum Gasteiger partial charge on any atom is 0.136 e. The zero-order valence-electron chi connectivity index (χ0n) is 8.79. The molecule has 0 aromatic heterocycles. The maximum atomic E-state index is 11.5. The third-order valence-electron chi connectivity index (χ3n) is 3.32. The van der Waals surface area contributed by atoms with Gasteiger partial charge in [0.1, 0.15) is 5.78 Å². The summed E-state index contributed by atoms with van der Waals surface area (Å²) in [6, 6.07) is 0.878. The van der Waals surface area contributed by atoms with Crippen molar-refractivity contribution in [1.29, 1.82) is 0 Å². The smallest absolute Gasteiger partial charge is 0.136 e. The van der Waals surface area contributed by atoms with Crippen molar-refractivity contribution >= 4 is 17.5 Å². The van der Waals surface area contributed by atoms with Gasteiger partial charge in [0.15, 0.2) is 0 Å². The van der Waals surface area contributed by atoms with Crippen molar-refractivity contribution < 1.29 is 4.79 Å². The highest BCUT2D eigenvalue weighted by Gasteiger charge is 2.30. The zero-order valence-corrected chi connectivity index (χ0v) is 9.61. The Kier molecular flexibility index (Phi) is 3.50. The Balaban J connectivity index is 1.91. The normalized spacial score (nSPS) is 35.9. The number of ketones is 1. The summed E-state index contributed by atoms with van der Waals surface area (Å²) in [5.74, 6) is 3.78. The van der Waals surface area contributed by atoms with Crippen molar-refractivity contribution in [2.45, 2.75) is 44.7 Å². The fourth-order valence-electron chi connectivity index (χ4n) is 2.57. The second-order valence-corrected chi connectivity index (χ2v) is 5.80. The van der Waals surface area contributed by atoms with Crippen LogP contribution in [0.1, 0.15) is 32.6 Å². The SMILES string of the molecule is CC1CC(=O)CC(C2CCSCC2)N1. The van der Waals surface area contributed by atoms with E-state index in [1.165, 1.54) is 24.3 Å². The van der Waals surface area contributed by atoms with Gasteiger partial charge in [-0.25, -0.2) is 0 Å². The molecule has 2 rings (SSSR count). The van der Waals surface area contributed by atoms with Crippen molar-refractivity contribution in [1.82, 2.24) is 5.32 Å². The minimum Gasteiger partial charge on any atom is -0.310 e. The Hall–Kier alpha value is -0.0200. The number of piperidine rings is 1. The molecule has 14 heavy (non-hydrogen) atoms. The van der Waals surface area contributed by atoms with Crippen molar-refractivity contribution in [3.05, 3.63) is 0 Å². The lowest BCUT2D eigenvalue weighted by Gasteiger charge is -2.35. The van der Waals surface area contributed by atoms with Gasteiger partial charge in [-0.3, -0.25) is 4.79 Å². The van der Waals surface area contributed by atoms with E-state index in [2.05, 4.69) is 24.0 Å². The number of nitrogens with one attached hydrogen (secondary N) is 1. The quantitative estimate of drug-likeness (QED) is 0.720. The molecule has 0 aromatic rings. The van der Waals surface area contributed by atoms with Crippen LogP contribution in [-0.4, -0.2) is 29.4 Å². The number of Topliss-reactive ketones (excluding diaryl/α,β-unsaturated/α-hetero) is 1. The molecule has 2 aliphatic heterocycles. The summed E-state index contributed by atoms with van der Waals surface area (Å²) in [5.41, 5.74) is 0. The molecule has 2 heterocycles. The Bertz CT molecular complexity index is 213. The van der Waals surface area contributed by atoms with Crippen molar-refractivity contribution in [2.75, 3.05) is 11.5 Å². The fraction of sp³-hybridized carbons (Fsp3) is 0.909. The summed E-state index contributed by atoms with van der Waals surface area (Å²) < 4.78 is 0. The Labute approximate surface area is 90.2 Å². The predicted octanol–water partition coefficient (Wildman–Crippen LogP) is 1.84. The molecular formula is C11H19NOS. The summed E-state index contributed by atoms with van der Waals surface area (Å²) in [6.45, 7) is 2.13. The summed E-state index contributed by atoms with van der Waals surface area (Å²) in [7, 11) is 0. The lowest BCUT2D eigenvalue weighted by Crippen LogP contribution is -2.48. The molecular weight excluding hydrogens is 194 g/mol. The van der Waals surface area contributed by atoms with Crippen molar-refractivity contribution in [2.24, 2.45) is 5.92 Å². The number of carbonyl (C=O) groups is 1. The van der Waals surface area contributed by atoms with E-state index in [1.54, 1.807) is 0 Å². The molecule has 2 fully saturated rings. The molecule has 0 bridgehead atoms. The van der Waals surface area contributed by atoms with E-state index in [0.717, 1.165) is 18.8 Å². The number of thioether (sulfide) groups is 1. The Morgan fingerprint density at radius 3 is 2.64 bits per heavy atom. The van der Waals surface area contributed by atoms with Crippen LogP contribution in [0, 0.1) is 5.92 Å². The standard InChI is InChI=1S/C11H19NOS/c1-8-6-10(13)7-11(12-8)9-2-4-14-5-3-9/h8-9,11-12H,2-7H2,1H3. The van der Waals surface area contributed by atoms with Crippen LogP contribution in [-0.2, 0) is 4.79 Å². The summed E-state index contributed by atoms with van der Waals surface area (Å²) in [4.78, 5) is 11.5. The largest absolute Gasteiger partial charge is 0.310 e. The highest BCUT2D eigenvalue weighted by Crippen LogP contribution is 2.28. The molecule has 0 aromatic carbocycles. The van der Waals surface area contributed by atoms with Crippen LogP contribution in [0.3, 0.4) is 0 Å². The van der Waals surface area contributed by atoms with Crippen LogP contribution in [0.15, 0.2) is 0 Å². The van der Waals surface area contributed by atoms with E-state index < -0.39 is 0 Å². The van der Waals surface area contributed by atoms with E-state index >= 15 is 0 Å². The molecule has 2 aliphatic rings. The first-order valence-electron chi connectivity index (χ1n) is 5.61. The predicted molar refractivity (Wildman–Crippen MR) is 60.7 cm³/mol. The number of hydrogen-bond donors (Lipinski definition) is 1. The highest BCUT2D eigenvalue weighted by atomic mass is 32.2. The summed E-state index contributed by atoms with van der Waals surface area (Å²) >= 11 is 2.05. The molecule has 0 saturated carbocycles. The molecule has 2 atom stereocenters. The van der Waals surface area contributed by atoms with E-state index in [0.29, 0.717) is 17.9 Å². The first-order valence-corrected chi connectivity index (χ1v) is 6.76. The Morgan fingerprint density at radius 1 is 1.29 bits per heavy atom. The molecule has 0 spiro atoms. The first-order chi connectivity index (χ1) is 6.75. The van der Waals surface area contributed by atoms with Gasteiger partial charge < -0.3 is 5.32 Å². The third kappa shape index (κ3) is 2.51. The van der Waals surface area contributed by atoms with Crippen molar-refractivity contribution in [3.63, 3.8) is 0 Å². The van der Waals surface area contributed by atoms with E-state index in [9.17, 15) is 4.79 Å². The lowest BCUT2D eigenvalue weighted by atomic mass is 9.85. The molecule has 2 saturated heterocycles. The lowest BCUT2D eigenvalue weighted by molar-refractivity contribution is -0.122. The fourth-order valence-corrected chi connectivity index (χ4v) is 3.72. The van der Waals surface area contributed by atoms with Crippen LogP contribution in [0.2, 0.25) is 0 Å². The molecule has 2 unspecified atom stereocenters. The van der Waals surface area contributed by atoms with E-state index in [-0.39, 0.29) is 0 Å². The van der Waals surface area contributed by atoms with Gasteiger partial charge in [0.25, 0.3) is 0 Å². The molecule has 1 N–H and O–H groups in total. The third-order valence-corrected chi connectivity index (χ3v) is 4.36. The number of rotatable bonds is 1. The maximum absolute atomic E-state index is 11.5. The monoisotopic (exact) mass is 213 g/mol. The second kappa shape index (κ2) is 4.67. The van der Waals surface area contributed by atoms with Crippen LogP contribution < -0.4 is 5.32 Å². The minimum absolute atomic E-state index is 0.399. The van der Waals surface area contributed by atoms with Gasteiger partial charge in [-0.05, 0) is 37.2 Å². The number of carbonyl (C=O) groups excluding carboxylic acids is 1. The molecule has 0 radical (unpaired) electrons. The highest BCUT2D eigenvalue weighted by molar-refractivity contribution is 7.99. The van der Waals surface area contributed by atoms with Crippen molar-refractivity contribution in [3.8, 4) is 0 Å². The van der Waals surface area contributed by atoms with Crippen LogP contribution in [0.25, 0.3) is 0 Å².